The highest BCUT2D eigenvalue weighted by Gasteiger charge is 2.42. The van der Waals surface area contributed by atoms with Crippen molar-refractivity contribution in [2.45, 2.75) is 25.3 Å². The van der Waals surface area contributed by atoms with Crippen molar-refractivity contribution in [3.8, 4) is 5.88 Å². The maximum atomic E-state index is 5.98. The molecule has 0 aromatic carbocycles. The number of nitrogens with zero attached hydrogens (tertiary/aromatic N) is 2. The van der Waals surface area contributed by atoms with Crippen LogP contribution in [0, 0.1) is 6.92 Å². The smallest absolute Gasteiger partial charge is 0.235 e. The van der Waals surface area contributed by atoms with Gasteiger partial charge in [-0.2, -0.15) is 0 Å². The van der Waals surface area contributed by atoms with E-state index in [0.29, 0.717) is 5.88 Å². The molecule has 0 saturated heterocycles. The van der Waals surface area contributed by atoms with Crippen LogP contribution in [-0.4, -0.2) is 17.1 Å². The number of methoxy groups -OCH3 is 1. The second kappa shape index (κ2) is 2.67. The molecule has 13 heavy (non-hydrogen) atoms. The predicted molar refractivity (Wildman–Crippen MR) is 48.4 cm³/mol. The molecule has 1 fully saturated rings. The Labute approximate surface area is 77.1 Å². The molecule has 1 aromatic rings. The van der Waals surface area contributed by atoms with Gasteiger partial charge in [-0.25, -0.2) is 9.97 Å². The molecule has 1 heterocycles. The molecule has 1 aliphatic rings. The van der Waals surface area contributed by atoms with Crippen molar-refractivity contribution in [1.29, 1.82) is 0 Å². The van der Waals surface area contributed by atoms with Crippen molar-refractivity contribution in [3.05, 3.63) is 17.6 Å². The zero-order chi connectivity index (χ0) is 9.47. The van der Waals surface area contributed by atoms with E-state index in [-0.39, 0.29) is 5.54 Å². The summed E-state index contributed by atoms with van der Waals surface area (Å²) < 4.78 is 5.02. The van der Waals surface area contributed by atoms with Crippen LogP contribution in [0.25, 0.3) is 0 Å². The Morgan fingerprint density at radius 2 is 2.23 bits per heavy atom. The number of aromatic nitrogens is 2. The summed E-state index contributed by atoms with van der Waals surface area (Å²) in [6.07, 6.45) is 3.72. The van der Waals surface area contributed by atoms with Gasteiger partial charge < -0.3 is 10.5 Å². The number of nitrogens with two attached hydrogens (primary N) is 1. The van der Waals surface area contributed by atoms with E-state index in [2.05, 4.69) is 9.97 Å². The second-order valence-electron chi connectivity index (χ2n) is 3.51. The largest absolute Gasteiger partial charge is 0.480 e. The lowest BCUT2D eigenvalue weighted by atomic mass is 10.2. The topological polar surface area (TPSA) is 61.0 Å². The Morgan fingerprint density at radius 1 is 1.54 bits per heavy atom. The SMILES string of the molecule is COc1ncc(C2(N)CC2)nc1C. The molecule has 0 aliphatic heterocycles. The third kappa shape index (κ3) is 1.37. The molecule has 70 valence electrons. The molecule has 0 amide bonds. The average Bonchev–Trinajstić information content (AvgIpc) is 2.85. The fourth-order valence-electron chi connectivity index (χ4n) is 1.30. The van der Waals surface area contributed by atoms with Gasteiger partial charge in [0.1, 0.15) is 0 Å². The van der Waals surface area contributed by atoms with E-state index in [1.165, 1.54) is 0 Å². The van der Waals surface area contributed by atoms with Crippen LogP contribution in [0.4, 0.5) is 0 Å². The van der Waals surface area contributed by atoms with Crippen molar-refractivity contribution in [1.82, 2.24) is 9.97 Å². The maximum Gasteiger partial charge on any atom is 0.235 e. The molecule has 0 bridgehead atoms. The Morgan fingerprint density at radius 3 is 2.69 bits per heavy atom. The van der Waals surface area contributed by atoms with E-state index in [9.17, 15) is 0 Å². The minimum atomic E-state index is -0.204. The minimum absolute atomic E-state index is 0.204. The quantitative estimate of drug-likeness (QED) is 0.727. The number of aryl methyl sites for hydroxylation is 1. The van der Waals surface area contributed by atoms with Gasteiger partial charge >= 0.3 is 0 Å². The van der Waals surface area contributed by atoms with Crippen LogP contribution in [-0.2, 0) is 5.54 Å². The van der Waals surface area contributed by atoms with Crippen LogP contribution in [0.5, 0.6) is 5.88 Å². The van der Waals surface area contributed by atoms with Crippen LogP contribution in [0.1, 0.15) is 24.2 Å². The number of ether oxygens (including phenoxy) is 1. The first-order valence-corrected chi connectivity index (χ1v) is 4.33. The van der Waals surface area contributed by atoms with Gasteiger partial charge in [0.05, 0.1) is 30.2 Å². The maximum absolute atomic E-state index is 5.98. The molecule has 4 nitrogen and oxygen atoms in total. The summed E-state index contributed by atoms with van der Waals surface area (Å²) in [5.41, 5.74) is 7.46. The average molecular weight is 179 g/mol. The van der Waals surface area contributed by atoms with E-state index in [1.807, 2.05) is 6.92 Å². The van der Waals surface area contributed by atoms with Crippen molar-refractivity contribution >= 4 is 0 Å². The molecule has 2 N–H and O–H groups in total. The lowest BCUT2D eigenvalue weighted by Crippen LogP contribution is -2.21. The summed E-state index contributed by atoms with van der Waals surface area (Å²) in [6, 6.07) is 0. The zero-order valence-electron chi connectivity index (χ0n) is 7.87. The van der Waals surface area contributed by atoms with Gasteiger partial charge in [0.15, 0.2) is 0 Å². The fraction of sp³-hybridized carbons (Fsp3) is 0.556. The standard InChI is InChI=1S/C9H13N3O/c1-6-8(13-2)11-5-7(12-6)9(10)3-4-9/h5H,3-4,10H2,1-2H3. The van der Waals surface area contributed by atoms with Gasteiger partial charge in [-0.3, -0.25) is 0 Å². The first-order valence-electron chi connectivity index (χ1n) is 4.33. The summed E-state index contributed by atoms with van der Waals surface area (Å²) in [5, 5.41) is 0. The molecule has 0 spiro atoms. The van der Waals surface area contributed by atoms with Crippen molar-refractivity contribution in [2.75, 3.05) is 7.11 Å². The third-order valence-electron chi connectivity index (χ3n) is 2.39. The van der Waals surface area contributed by atoms with Crippen LogP contribution < -0.4 is 10.5 Å². The summed E-state index contributed by atoms with van der Waals surface area (Å²) in [4.78, 5) is 8.50. The van der Waals surface area contributed by atoms with E-state index >= 15 is 0 Å². The van der Waals surface area contributed by atoms with Gasteiger partial charge in [0, 0.05) is 0 Å². The number of hydrogen-bond donors (Lipinski definition) is 1. The van der Waals surface area contributed by atoms with E-state index in [0.717, 1.165) is 24.2 Å². The third-order valence-corrected chi connectivity index (χ3v) is 2.39. The van der Waals surface area contributed by atoms with Crippen LogP contribution in [0.15, 0.2) is 6.20 Å². The molecule has 0 radical (unpaired) electrons. The molecule has 4 heteroatoms. The number of hydrogen-bond acceptors (Lipinski definition) is 4. The summed E-state index contributed by atoms with van der Waals surface area (Å²) in [5.74, 6) is 0.577. The number of rotatable bonds is 2. The molecule has 0 unspecified atom stereocenters. The summed E-state index contributed by atoms with van der Waals surface area (Å²) >= 11 is 0. The van der Waals surface area contributed by atoms with Gasteiger partial charge in [-0.1, -0.05) is 0 Å². The van der Waals surface area contributed by atoms with E-state index in [4.69, 9.17) is 10.5 Å². The zero-order valence-corrected chi connectivity index (χ0v) is 7.87. The lowest BCUT2D eigenvalue weighted by molar-refractivity contribution is 0.390. The fourth-order valence-corrected chi connectivity index (χ4v) is 1.30. The monoisotopic (exact) mass is 179 g/mol. The normalized spacial score (nSPS) is 18.4. The predicted octanol–water partition coefficient (Wildman–Crippen LogP) is 0.741. The summed E-state index contributed by atoms with van der Waals surface area (Å²) in [6.45, 7) is 1.88. The van der Waals surface area contributed by atoms with Gasteiger partial charge in [0.25, 0.3) is 0 Å². The molecular formula is C9H13N3O. The lowest BCUT2D eigenvalue weighted by Gasteiger charge is -2.09. The minimum Gasteiger partial charge on any atom is -0.480 e. The second-order valence-corrected chi connectivity index (χ2v) is 3.51. The first-order chi connectivity index (χ1) is 6.15. The first kappa shape index (κ1) is 8.44. The highest BCUT2D eigenvalue weighted by Crippen LogP contribution is 2.41. The van der Waals surface area contributed by atoms with E-state index < -0.39 is 0 Å². The highest BCUT2D eigenvalue weighted by atomic mass is 16.5. The molecule has 1 aromatic heterocycles. The molecule has 0 atom stereocenters. The van der Waals surface area contributed by atoms with Crippen molar-refractivity contribution in [3.63, 3.8) is 0 Å². The highest BCUT2D eigenvalue weighted by molar-refractivity contribution is 5.25. The molecular weight excluding hydrogens is 166 g/mol. The molecule has 1 aliphatic carbocycles. The summed E-state index contributed by atoms with van der Waals surface area (Å²) in [7, 11) is 1.59. The Hall–Kier alpha value is -1.16. The van der Waals surface area contributed by atoms with Crippen LogP contribution >= 0.6 is 0 Å². The van der Waals surface area contributed by atoms with Crippen molar-refractivity contribution < 1.29 is 4.74 Å². The Bertz CT molecular complexity index is 334. The Kier molecular flexibility index (Phi) is 1.73. The molecule has 2 rings (SSSR count). The van der Waals surface area contributed by atoms with Gasteiger partial charge in [-0.15, -0.1) is 0 Å². The van der Waals surface area contributed by atoms with Crippen LogP contribution in [0.2, 0.25) is 0 Å². The van der Waals surface area contributed by atoms with Crippen molar-refractivity contribution in [2.24, 2.45) is 5.73 Å². The Balaban J connectivity index is 2.36. The van der Waals surface area contributed by atoms with Crippen LogP contribution in [0.3, 0.4) is 0 Å². The molecule has 1 saturated carbocycles. The van der Waals surface area contributed by atoms with Gasteiger partial charge in [-0.05, 0) is 19.8 Å². The van der Waals surface area contributed by atoms with E-state index in [1.54, 1.807) is 13.3 Å². The van der Waals surface area contributed by atoms with Gasteiger partial charge in [0.2, 0.25) is 5.88 Å².